The van der Waals surface area contributed by atoms with Crippen molar-refractivity contribution in [2.45, 2.75) is 30.5 Å². The normalized spacial score (nSPS) is 12.9. The fourth-order valence-corrected chi connectivity index (χ4v) is 4.59. The highest BCUT2D eigenvalue weighted by Gasteiger charge is 2.14. The Kier molecular flexibility index (Phi) is 3.77. The lowest BCUT2D eigenvalue weighted by molar-refractivity contribution is 0.627. The van der Waals surface area contributed by atoms with Crippen molar-refractivity contribution in [1.29, 1.82) is 0 Å². The molecule has 0 bridgehead atoms. The van der Waals surface area contributed by atoms with Crippen LogP contribution in [0.3, 0.4) is 0 Å². The van der Waals surface area contributed by atoms with E-state index in [1.54, 1.807) is 0 Å². The topological polar surface area (TPSA) is 73.8 Å². The maximum Gasteiger partial charge on any atom is 0.182 e. The Morgan fingerprint density at radius 1 is 1.38 bits per heavy atom. The zero-order valence-electron chi connectivity index (χ0n) is 11.9. The highest BCUT2D eigenvalue weighted by atomic mass is 32.2. The number of nitrogens with two attached hydrogens (primary N) is 1. The van der Waals surface area contributed by atoms with Gasteiger partial charge in [0.2, 0.25) is 0 Å². The van der Waals surface area contributed by atoms with Crippen LogP contribution in [0.2, 0.25) is 0 Å². The van der Waals surface area contributed by atoms with E-state index in [1.165, 1.54) is 11.3 Å². The van der Waals surface area contributed by atoms with Crippen LogP contribution in [0.5, 0.6) is 0 Å². The number of thiazole rings is 1. The molecule has 0 spiro atoms. The predicted octanol–water partition coefficient (Wildman–Crippen LogP) is 2.71. The molecule has 2 aromatic heterocycles. The number of benzene rings is 1. The average molecular weight is 320 g/mol. The van der Waals surface area contributed by atoms with E-state index in [-0.39, 0.29) is 0 Å². The maximum absolute atomic E-state index is 12.5. The van der Waals surface area contributed by atoms with Crippen molar-refractivity contribution in [2.75, 3.05) is 5.73 Å². The van der Waals surface area contributed by atoms with Crippen LogP contribution in [0.1, 0.15) is 18.3 Å². The first-order chi connectivity index (χ1) is 10.1. The van der Waals surface area contributed by atoms with Gasteiger partial charge >= 0.3 is 0 Å². The smallest absolute Gasteiger partial charge is 0.182 e. The summed E-state index contributed by atoms with van der Waals surface area (Å²) in [5.41, 5.74) is 9.23. The van der Waals surface area contributed by atoms with Crippen molar-refractivity contribution < 1.29 is 4.21 Å². The molecule has 0 radical (unpaired) electrons. The van der Waals surface area contributed by atoms with Crippen molar-refractivity contribution in [3.8, 4) is 0 Å². The van der Waals surface area contributed by atoms with Crippen LogP contribution in [0, 0.1) is 6.92 Å². The predicted molar refractivity (Wildman–Crippen MR) is 86.8 cm³/mol. The van der Waals surface area contributed by atoms with Gasteiger partial charge in [0.05, 0.1) is 38.2 Å². The first kappa shape index (κ1) is 14.2. The van der Waals surface area contributed by atoms with Gasteiger partial charge in [-0.05, 0) is 38.1 Å². The molecule has 21 heavy (non-hydrogen) atoms. The van der Waals surface area contributed by atoms with Gasteiger partial charge in [0.1, 0.15) is 0 Å². The van der Waals surface area contributed by atoms with E-state index in [0.717, 1.165) is 28.1 Å². The molecule has 2 heterocycles. The van der Waals surface area contributed by atoms with Crippen LogP contribution in [0.25, 0.3) is 10.2 Å². The molecule has 0 aliphatic heterocycles. The molecule has 1 atom stereocenters. The molecule has 0 saturated carbocycles. The Labute approximate surface area is 129 Å². The summed E-state index contributed by atoms with van der Waals surface area (Å²) >= 11 is 1.44. The number of anilines is 1. The number of nitrogens with zero attached hydrogens (tertiary/aromatic N) is 3. The van der Waals surface area contributed by atoms with E-state index in [9.17, 15) is 4.21 Å². The Hall–Kier alpha value is -1.73. The van der Waals surface area contributed by atoms with E-state index in [2.05, 4.69) is 10.1 Å². The summed E-state index contributed by atoms with van der Waals surface area (Å²) in [4.78, 5) is 4.45. The van der Waals surface area contributed by atoms with Crippen LogP contribution < -0.4 is 5.73 Å². The first-order valence-electron chi connectivity index (χ1n) is 6.64. The minimum absolute atomic E-state index is 0.435. The quantitative estimate of drug-likeness (QED) is 0.750. The summed E-state index contributed by atoms with van der Waals surface area (Å²) in [5, 5.41) is 4.38. The number of hydrogen-bond donors (Lipinski definition) is 1. The van der Waals surface area contributed by atoms with Crippen molar-refractivity contribution in [3.63, 3.8) is 0 Å². The summed E-state index contributed by atoms with van der Waals surface area (Å²) < 4.78 is 16.0. The number of rotatable bonds is 4. The number of hydrogen-bond acceptors (Lipinski definition) is 5. The van der Waals surface area contributed by atoms with E-state index in [1.807, 2.05) is 42.8 Å². The third-order valence-electron chi connectivity index (χ3n) is 3.15. The molecule has 5 nitrogen and oxygen atoms in total. The maximum atomic E-state index is 12.5. The minimum atomic E-state index is -1.17. The van der Waals surface area contributed by atoms with Crippen molar-refractivity contribution >= 4 is 38.0 Å². The van der Waals surface area contributed by atoms with Gasteiger partial charge in [-0.1, -0.05) is 0 Å². The van der Waals surface area contributed by atoms with Crippen LogP contribution in [-0.2, 0) is 23.1 Å². The number of aromatic nitrogens is 3. The van der Waals surface area contributed by atoms with E-state index in [0.29, 0.717) is 15.8 Å². The second-order valence-corrected chi connectivity index (χ2v) is 7.45. The second-order valence-electron chi connectivity index (χ2n) is 4.79. The molecule has 1 unspecified atom stereocenters. The van der Waals surface area contributed by atoms with Crippen LogP contribution in [0.15, 0.2) is 28.6 Å². The second kappa shape index (κ2) is 5.57. The highest BCUT2D eigenvalue weighted by molar-refractivity contribution is 7.86. The molecule has 0 saturated heterocycles. The molecule has 3 aromatic rings. The molecule has 2 N–H and O–H groups in total. The Bertz CT molecular complexity index is 822. The Morgan fingerprint density at radius 3 is 2.95 bits per heavy atom. The molecule has 0 fully saturated rings. The third kappa shape index (κ3) is 2.84. The monoisotopic (exact) mass is 320 g/mol. The summed E-state index contributed by atoms with van der Waals surface area (Å²) in [6.07, 6.45) is 0. The molecule has 0 amide bonds. The van der Waals surface area contributed by atoms with Gasteiger partial charge in [0, 0.05) is 12.2 Å². The largest absolute Gasteiger partial charge is 0.399 e. The number of aryl methyl sites for hydroxylation is 2. The molecule has 0 aliphatic carbocycles. The van der Waals surface area contributed by atoms with Crippen LogP contribution in [-0.4, -0.2) is 19.0 Å². The number of nitrogen functional groups attached to an aromatic ring is 1. The molecule has 1 aromatic carbocycles. The fraction of sp³-hybridized carbons (Fsp3) is 0.286. The van der Waals surface area contributed by atoms with Gasteiger partial charge < -0.3 is 5.73 Å². The minimum Gasteiger partial charge on any atom is -0.399 e. The number of fused-ring (bicyclic) bond motifs is 1. The summed E-state index contributed by atoms with van der Waals surface area (Å²) in [5.74, 6) is 0.435. The van der Waals surface area contributed by atoms with Crippen molar-refractivity contribution in [3.05, 3.63) is 35.7 Å². The Balaban J connectivity index is 1.89. The lowest BCUT2D eigenvalue weighted by Crippen LogP contribution is -2.05. The standard InChI is InChI=1S/C14H16N4OS2/c1-3-18-11(6-9(2)17-18)8-21(19)14-16-12-5-4-10(15)7-13(12)20-14/h4-7H,3,8,15H2,1-2H3. The fourth-order valence-electron chi connectivity index (χ4n) is 2.20. The van der Waals surface area contributed by atoms with Crippen LogP contribution in [0.4, 0.5) is 5.69 Å². The van der Waals surface area contributed by atoms with Crippen LogP contribution >= 0.6 is 11.3 Å². The molecule has 0 aliphatic rings. The lowest BCUT2D eigenvalue weighted by Gasteiger charge is -2.02. The first-order valence-corrected chi connectivity index (χ1v) is 8.78. The Morgan fingerprint density at radius 2 is 2.19 bits per heavy atom. The zero-order valence-corrected chi connectivity index (χ0v) is 13.5. The van der Waals surface area contributed by atoms with Crippen molar-refractivity contribution in [1.82, 2.24) is 14.8 Å². The third-order valence-corrected chi connectivity index (χ3v) is 5.81. The molecule has 7 heteroatoms. The molecular weight excluding hydrogens is 304 g/mol. The summed E-state index contributed by atoms with van der Waals surface area (Å²) in [6.45, 7) is 4.75. The molecular formula is C14H16N4OS2. The average Bonchev–Trinajstić information content (AvgIpc) is 3.01. The zero-order chi connectivity index (χ0) is 15.0. The molecule has 110 valence electrons. The molecule has 3 rings (SSSR count). The van der Waals surface area contributed by atoms with E-state index in [4.69, 9.17) is 5.73 Å². The van der Waals surface area contributed by atoms with Gasteiger partial charge in [-0.15, -0.1) is 11.3 Å². The SMILES string of the molecule is CCn1nc(C)cc1CS(=O)c1nc2ccc(N)cc2s1. The van der Waals surface area contributed by atoms with Gasteiger partial charge in [-0.2, -0.15) is 5.10 Å². The van der Waals surface area contributed by atoms with Gasteiger partial charge in [0.25, 0.3) is 0 Å². The van der Waals surface area contributed by atoms with Gasteiger partial charge in [-0.3, -0.25) is 8.89 Å². The van der Waals surface area contributed by atoms with Crippen molar-refractivity contribution in [2.24, 2.45) is 0 Å². The summed E-state index contributed by atoms with van der Waals surface area (Å²) in [6, 6.07) is 7.52. The summed E-state index contributed by atoms with van der Waals surface area (Å²) in [7, 11) is -1.17. The van der Waals surface area contributed by atoms with Gasteiger partial charge in [-0.25, -0.2) is 4.98 Å². The van der Waals surface area contributed by atoms with E-state index < -0.39 is 10.8 Å². The van der Waals surface area contributed by atoms with Gasteiger partial charge in [0.15, 0.2) is 4.34 Å². The van der Waals surface area contributed by atoms with E-state index >= 15 is 0 Å². The highest BCUT2D eigenvalue weighted by Crippen LogP contribution is 2.27. The lowest BCUT2D eigenvalue weighted by atomic mass is 10.3.